The Bertz CT molecular complexity index is 898. The molecule has 2 aromatic rings. The van der Waals surface area contributed by atoms with Crippen LogP contribution in [0, 0.1) is 6.92 Å². The molecule has 0 amide bonds. The van der Waals surface area contributed by atoms with E-state index in [9.17, 15) is 0 Å². The van der Waals surface area contributed by atoms with Gasteiger partial charge in [-0.1, -0.05) is 23.7 Å². The topological polar surface area (TPSA) is 86.5 Å². The fourth-order valence-electron chi connectivity index (χ4n) is 5.40. The molecule has 9 heteroatoms. The number of hydrogen-bond acceptors (Lipinski definition) is 7. The first-order valence-corrected chi connectivity index (χ1v) is 11.7. The average Bonchev–Trinajstić information content (AvgIpc) is 3.22. The lowest BCUT2D eigenvalue weighted by Gasteiger charge is -2.52. The smallest absolute Gasteiger partial charge is 0.246 e. The molecule has 3 aliphatic rings. The zero-order valence-electron chi connectivity index (χ0n) is 18.1. The van der Waals surface area contributed by atoms with Crippen molar-refractivity contribution in [2.24, 2.45) is 0 Å². The van der Waals surface area contributed by atoms with Gasteiger partial charge in [0, 0.05) is 55.9 Å². The zero-order valence-corrected chi connectivity index (χ0v) is 18.9. The van der Waals surface area contributed by atoms with E-state index in [0.717, 1.165) is 81.7 Å². The summed E-state index contributed by atoms with van der Waals surface area (Å²) < 4.78 is 5.81. The van der Waals surface area contributed by atoms with Gasteiger partial charge in [-0.05, 0) is 43.4 Å². The van der Waals surface area contributed by atoms with Gasteiger partial charge in [-0.3, -0.25) is 9.80 Å². The minimum Gasteiger partial charge on any atom is -0.378 e. The summed E-state index contributed by atoms with van der Waals surface area (Å²) in [6.45, 7) is 8.92. The van der Waals surface area contributed by atoms with Crippen molar-refractivity contribution in [2.45, 2.75) is 44.3 Å². The minimum atomic E-state index is 0.379. The number of benzene rings is 1. The van der Waals surface area contributed by atoms with Crippen molar-refractivity contribution in [3.05, 3.63) is 34.3 Å². The Hall–Kier alpha value is -1.87. The Labute approximate surface area is 188 Å². The molecule has 5 rings (SSSR count). The number of ether oxygens (including phenoxy) is 1. The summed E-state index contributed by atoms with van der Waals surface area (Å²) in [6.07, 6.45) is 3.27. The normalized spacial score (nSPS) is 26.2. The third-order valence-corrected chi connectivity index (χ3v) is 7.51. The van der Waals surface area contributed by atoms with E-state index in [1.54, 1.807) is 0 Å². The maximum Gasteiger partial charge on any atom is 0.246 e. The number of aryl methyl sites for hydroxylation is 1. The highest BCUT2D eigenvalue weighted by atomic mass is 35.5. The largest absolute Gasteiger partial charge is 0.378 e. The first-order valence-electron chi connectivity index (χ1n) is 11.3. The molecular formula is C22H32ClN7O. The van der Waals surface area contributed by atoms with Gasteiger partial charge in [0.1, 0.15) is 0 Å². The summed E-state index contributed by atoms with van der Waals surface area (Å²) in [5, 5.41) is 7.83. The van der Waals surface area contributed by atoms with Crippen LogP contribution in [0.2, 0.25) is 5.02 Å². The van der Waals surface area contributed by atoms with Crippen molar-refractivity contribution in [3.8, 4) is 0 Å². The molecular weight excluding hydrogens is 414 g/mol. The molecule has 3 saturated heterocycles. The maximum atomic E-state index is 6.27. The summed E-state index contributed by atoms with van der Waals surface area (Å²) in [4.78, 5) is 11.9. The lowest BCUT2D eigenvalue weighted by molar-refractivity contribution is -0.0766. The van der Waals surface area contributed by atoms with Crippen LogP contribution >= 0.6 is 11.6 Å². The summed E-state index contributed by atoms with van der Waals surface area (Å²) in [6, 6.07) is 8.05. The molecule has 0 bridgehead atoms. The molecule has 2 atom stereocenters. The number of nitrogens with zero attached hydrogens (tertiary/aromatic N) is 5. The minimum absolute atomic E-state index is 0.379. The number of anilines is 2. The van der Waals surface area contributed by atoms with E-state index in [-0.39, 0.29) is 0 Å². The van der Waals surface area contributed by atoms with Gasteiger partial charge in [0.25, 0.3) is 0 Å². The number of fused-ring (bicyclic) bond motifs is 1. The number of hydrogen-bond donors (Lipinski definition) is 2. The second-order valence-electron chi connectivity index (χ2n) is 9.10. The lowest BCUT2D eigenvalue weighted by atomic mass is 9.93. The Balaban J connectivity index is 1.30. The molecule has 0 saturated carbocycles. The van der Waals surface area contributed by atoms with Crippen LogP contribution in [0.15, 0.2) is 18.2 Å². The predicted molar refractivity (Wildman–Crippen MR) is 123 cm³/mol. The Kier molecular flexibility index (Phi) is 6.05. The second-order valence-corrected chi connectivity index (χ2v) is 9.51. The fraction of sp³-hybridized carbons (Fsp3) is 0.636. The van der Waals surface area contributed by atoms with Gasteiger partial charge in [-0.25, -0.2) is 5.10 Å². The number of aromatic nitrogens is 3. The van der Waals surface area contributed by atoms with Crippen LogP contribution in [0.1, 0.15) is 24.0 Å². The number of piperazine rings is 1. The first kappa shape index (κ1) is 21.0. The monoisotopic (exact) mass is 445 g/mol. The number of aromatic amines is 1. The zero-order chi connectivity index (χ0) is 21.4. The number of nitrogens with two attached hydrogens (primary N) is 1. The number of piperidine rings is 1. The predicted octanol–water partition coefficient (Wildman–Crippen LogP) is 1.95. The maximum absolute atomic E-state index is 6.27. The Morgan fingerprint density at radius 3 is 2.77 bits per heavy atom. The number of rotatable bonds is 4. The standard InChI is InChI=1S/C22H32ClN7O/c1-15-10-16(2-3-20(15)23)11-18-12-29-8-9-31-14-19(29)13-30(18)17-4-6-28(7-5-17)22-25-21(24)26-27-22/h2-3,10,17-19H,4-9,11-14H2,1H3,(H3,24,25,26,27). The summed E-state index contributed by atoms with van der Waals surface area (Å²) >= 11 is 6.27. The van der Waals surface area contributed by atoms with Crippen molar-refractivity contribution in [2.75, 3.05) is 56.6 Å². The highest BCUT2D eigenvalue weighted by molar-refractivity contribution is 6.31. The summed E-state index contributed by atoms with van der Waals surface area (Å²) in [5.41, 5.74) is 8.24. The van der Waals surface area contributed by atoms with Gasteiger partial charge in [-0.2, -0.15) is 4.98 Å². The molecule has 3 aliphatic heterocycles. The molecule has 0 radical (unpaired) electrons. The number of halogens is 1. The van der Waals surface area contributed by atoms with Crippen LogP contribution in [-0.2, 0) is 11.2 Å². The molecule has 8 nitrogen and oxygen atoms in total. The lowest BCUT2D eigenvalue weighted by Crippen LogP contribution is -2.65. The average molecular weight is 446 g/mol. The number of H-pyrrole nitrogens is 1. The van der Waals surface area contributed by atoms with Gasteiger partial charge >= 0.3 is 0 Å². The van der Waals surface area contributed by atoms with Crippen molar-refractivity contribution < 1.29 is 4.74 Å². The van der Waals surface area contributed by atoms with Crippen LogP contribution in [-0.4, -0.2) is 89.0 Å². The highest BCUT2D eigenvalue weighted by Gasteiger charge is 2.39. The molecule has 4 heterocycles. The van der Waals surface area contributed by atoms with Gasteiger partial charge in [0.05, 0.1) is 13.2 Å². The molecule has 3 fully saturated rings. The molecule has 3 N–H and O–H groups in total. The molecule has 168 valence electrons. The van der Waals surface area contributed by atoms with E-state index in [4.69, 9.17) is 22.1 Å². The van der Waals surface area contributed by atoms with Crippen LogP contribution in [0.25, 0.3) is 0 Å². The van der Waals surface area contributed by atoms with Crippen molar-refractivity contribution >= 4 is 23.5 Å². The van der Waals surface area contributed by atoms with Gasteiger partial charge in [0.15, 0.2) is 0 Å². The van der Waals surface area contributed by atoms with E-state index in [1.165, 1.54) is 5.56 Å². The second kappa shape index (κ2) is 8.94. The molecule has 2 unspecified atom stereocenters. The van der Waals surface area contributed by atoms with Crippen molar-refractivity contribution in [1.82, 2.24) is 25.0 Å². The van der Waals surface area contributed by atoms with Gasteiger partial charge in [-0.15, -0.1) is 5.10 Å². The highest BCUT2D eigenvalue weighted by Crippen LogP contribution is 2.29. The van der Waals surface area contributed by atoms with E-state index < -0.39 is 0 Å². The van der Waals surface area contributed by atoms with Crippen molar-refractivity contribution in [3.63, 3.8) is 0 Å². The van der Waals surface area contributed by atoms with Crippen LogP contribution in [0.3, 0.4) is 0 Å². The molecule has 31 heavy (non-hydrogen) atoms. The molecule has 0 aliphatic carbocycles. The number of morpholine rings is 1. The quantitative estimate of drug-likeness (QED) is 0.743. The van der Waals surface area contributed by atoms with Crippen LogP contribution in [0.5, 0.6) is 0 Å². The molecule has 1 aromatic carbocycles. The molecule has 0 spiro atoms. The first-order chi connectivity index (χ1) is 15.1. The fourth-order valence-corrected chi connectivity index (χ4v) is 5.52. The van der Waals surface area contributed by atoms with Gasteiger partial charge in [0.2, 0.25) is 11.9 Å². The molecule has 1 aromatic heterocycles. The third kappa shape index (κ3) is 4.53. The van der Waals surface area contributed by atoms with Crippen LogP contribution < -0.4 is 10.6 Å². The van der Waals surface area contributed by atoms with E-state index in [0.29, 0.717) is 24.1 Å². The summed E-state index contributed by atoms with van der Waals surface area (Å²) in [7, 11) is 0. The summed E-state index contributed by atoms with van der Waals surface area (Å²) in [5.74, 6) is 1.10. The van der Waals surface area contributed by atoms with E-state index in [2.05, 4.69) is 48.9 Å². The Morgan fingerprint density at radius 1 is 1.19 bits per heavy atom. The Morgan fingerprint density at radius 2 is 2.03 bits per heavy atom. The van der Waals surface area contributed by atoms with Crippen molar-refractivity contribution in [1.29, 1.82) is 0 Å². The SMILES string of the molecule is Cc1cc(CC2CN3CCOCC3CN2C2CCN(c3n[nH]c(N)n3)CC2)ccc1Cl. The van der Waals surface area contributed by atoms with E-state index in [1.807, 2.05) is 6.07 Å². The van der Waals surface area contributed by atoms with Gasteiger partial charge < -0.3 is 15.4 Å². The third-order valence-electron chi connectivity index (χ3n) is 7.09. The number of nitrogens with one attached hydrogen (secondary N) is 1. The number of nitrogen functional groups attached to an aromatic ring is 1. The van der Waals surface area contributed by atoms with E-state index >= 15 is 0 Å². The van der Waals surface area contributed by atoms with Crippen LogP contribution in [0.4, 0.5) is 11.9 Å².